The van der Waals surface area contributed by atoms with Crippen molar-refractivity contribution in [3.63, 3.8) is 0 Å². The van der Waals surface area contributed by atoms with E-state index in [4.69, 9.17) is 9.47 Å². The van der Waals surface area contributed by atoms with Crippen molar-refractivity contribution in [3.05, 3.63) is 58.3 Å². The number of amides is 4. The van der Waals surface area contributed by atoms with Crippen LogP contribution in [0.1, 0.15) is 47.1 Å². The van der Waals surface area contributed by atoms with Crippen LogP contribution in [0.4, 0.5) is 21.0 Å². The summed E-state index contributed by atoms with van der Waals surface area (Å²) in [4.78, 5) is 68.2. The molecule has 1 saturated heterocycles. The average Bonchev–Trinajstić information content (AvgIpc) is 3.50. The summed E-state index contributed by atoms with van der Waals surface area (Å²) in [5, 5.41) is 19.6. The Labute approximate surface area is 285 Å². The lowest BCUT2D eigenvalue weighted by atomic mass is 10.0. The smallest absolute Gasteiger partial charge is 0.408 e. The zero-order chi connectivity index (χ0) is 34.8. The maximum absolute atomic E-state index is 13.3. The fraction of sp³-hybridized carbons (Fsp3) is 0.500. The summed E-state index contributed by atoms with van der Waals surface area (Å²) in [5.74, 6) is 0.656. The van der Waals surface area contributed by atoms with Crippen molar-refractivity contribution in [2.24, 2.45) is 0 Å². The molecule has 1 aliphatic heterocycles. The lowest BCUT2D eigenvalue weighted by molar-refractivity contribution is -0.388. The van der Waals surface area contributed by atoms with Crippen LogP contribution in [0.3, 0.4) is 0 Å². The standard InChI is InChI=1S/C30H40N6O8S3/c1-29(2,3)43-27(39)33-21(26(38)35-14-15-45-18-35)16-19-9-11-20(12-10-19)32-24(37)22(34-28(40)44-30(4,5)6)17-46-47-25-23(36(41)42)8-7-13-31-25/h7-13,21-22H,14-18H2,1-6H3,(H,32,37)(H,33,39)(H,34,40). The van der Waals surface area contributed by atoms with Crippen LogP contribution in [0.15, 0.2) is 47.6 Å². The molecule has 256 valence electrons. The largest absolute Gasteiger partial charge is 0.444 e. The first-order valence-corrected chi connectivity index (χ1v) is 18.1. The number of carbonyl (C=O) groups excluding carboxylic acids is 4. The van der Waals surface area contributed by atoms with E-state index in [1.54, 1.807) is 82.5 Å². The molecule has 14 nitrogen and oxygen atoms in total. The van der Waals surface area contributed by atoms with E-state index in [0.29, 0.717) is 18.1 Å². The Morgan fingerprint density at radius 3 is 2.17 bits per heavy atom. The first kappa shape index (κ1) is 37.8. The number of alkyl carbamates (subject to hydrolysis) is 2. The van der Waals surface area contributed by atoms with E-state index in [1.165, 1.54) is 18.3 Å². The fourth-order valence-corrected chi connectivity index (χ4v) is 7.19. The van der Waals surface area contributed by atoms with Crippen LogP contribution in [0.2, 0.25) is 0 Å². The number of nitrogens with zero attached hydrogens (tertiary/aromatic N) is 3. The first-order valence-electron chi connectivity index (χ1n) is 14.6. The van der Waals surface area contributed by atoms with E-state index < -0.39 is 46.3 Å². The minimum atomic E-state index is -1.07. The van der Waals surface area contributed by atoms with Gasteiger partial charge in [0.05, 0.1) is 10.8 Å². The van der Waals surface area contributed by atoms with Crippen molar-refractivity contribution in [3.8, 4) is 0 Å². The van der Waals surface area contributed by atoms with E-state index in [0.717, 1.165) is 32.9 Å². The average molecular weight is 709 g/mol. The van der Waals surface area contributed by atoms with Crippen LogP contribution in [-0.2, 0) is 25.5 Å². The summed E-state index contributed by atoms with van der Waals surface area (Å²) < 4.78 is 10.7. The number of rotatable bonds is 12. The lowest BCUT2D eigenvalue weighted by Gasteiger charge is -2.26. The fourth-order valence-electron chi connectivity index (χ4n) is 4.02. The van der Waals surface area contributed by atoms with Gasteiger partial charge >= 0.3 is 17.9 Å². The summed E-state index contributed by atoms with van der Waals surface area (Å²) >= 11 is 1.64. The number of hydrogen-bond donors (Lipinski definition) is 3. The number of nitrogens with one attached hydrogen (secondary N) is 3. The van der Waals surface area contributed by atoms with E-state index in [2.05, 4.69) is 20.9 Å². The molecular weight excluding hydrogens is 669 g/mol. The zero-order valence-electron chi connectivity index (χ0n) is 27.1. The van der Waals surface area contributed by atoms with Gasteiger partial charge in [0.15, 0.2) is 5.03 Å². The summed E-state index contributed by atoms with van der Waals surface area (Å²) in [6.45, 7) is 10.9. The molecule has 1 aliphatic rings. The Morgan fingerprint density at radius 1 is 1.00 bits per heavy atom. The number of aromatic nitrogens is 1. The molecule has 0 bridgehead atoms. The molecule has 0 spiro atoms. The van der Waals surface area contributed by atoms with Gasteiger partial charge in [-0.25, -0.2) is 14.6 Å². The van der Waals surface area contributed by atoms with Gasteiger partial charge in [-0.2, -0.15) is 0 Å². The predicted molar refractivity (Wildman–Crippen MR) is 183 cm³/mol. The van der Waals surface area contributed by atoms with Crippen molar-refractivity contribution in [2.75, 3.05) is 29.2 Å². The molecule has 0 aliphatic carbocycles. The van der Waals surface area contributed by atoms with Crippen molar-refractivity contribution in [2.45, 2.75) is 76.3 Å². The molecule has 2 atom stereocenters. The molecule has 4 amide bonds. The Kier molecular flexibility index (Phi) is 13.6. The quantitative estimate of drug-likeness (QED) is 0.149. The summed E-state index contributed by atoms with van der Waals surface area (Å²) in [7, 11) is 2.13. The number of thioether (sulfide) groups is 1. The molecule has 0 radical (unpaired) electrons. The molecule has 0 saturated carbocycles. The topological polar surface area (TPSA) is 182 Å². The Balaban J connectivity index is 1.69. The van der Waals surface area contributed by atoms with Crippen LogP contribution < -0.4 is 16.0 Å². The first-order chi connectivity index (χ1) is 22.0. The molecule has 3 N–H and O–H groups in total. The highest BCUT2D eigenvalue weighted by atomic mass is 33.1. The molecule has 47 heavy (non-hydrogen) atoms. The second-order valence-corrected chi connectivity index (χ2v) is 15.8. The number of anilines is 1. The molecule has 1 aromatic heterocycles. The van der Waals surface area contributed by atoms with E-state index in [-0.39, 0.29) is 28.8 Å². The van der Waals surface area contributed by atoms with Crippen LogP contribution in [-0.4, -0.2) is 86.0 Å². The van der Waals surface area contributed by atoms with Crippen molar-refractivity contribution < 1.29 is 33.6 Å². The van der Waals surface area contributed by atoms with E-state index in [1.807, 2.05) is 0 Å². The third-order valence-electron chi connectivity index (χ3n) is 6.04. The van der Waals surface area contributed by atoms with E-state index >= 15 is 0 Å². The number of ether oxygens (including phenoxy) is 2. The number of pyridine rings is 1. The number of nitro groups is 1. The normalized spacial score (nSPS) is 14.5. The van der Waals surface area contributed by atoms with Crippen LogP contribution in [0.5, 0.6) is 0 Å². The van der Waals surface area contributed by atoms with Gasteiger partial charge in [0, 0.05) is 42.4 Å². The van der Waals surface area contributed by atoms with Gasteiger partial charge in [-0.1, -0.05) is 22.9 Å². The van der Waals surface area contributed by atoms with Crippen LogP contribution in [0, 0.1) is 10.1 Å². The van der Waals surface area contributed by atoms with Crippen molar-refractivity contribution in [1.29, 1.82) is 0 Å². The summed E-state index contributed by atoms with van der Waals surface area (Å²) in [5.41, 5.74) is -0.549. The van der Waals surface area contributed by atoms with Gasteiger partial charge in [-0.15, -0.1) is 11.8 Å². The highest BCUT2D eigenvalue weighted by molar-refractivity contribution is 8.76. The van der Waals surface area contributed by atoms with Gasteiger partial charge in [-0.3, -0.25) is 19.7 Å². The van der Waals surface area contributed by atoms with E-state index in [9.17, 15) is 29.3 Å². The number of hydrogen-bond acceptors (Lipinski definition) is 12. The minimum absolute atomic E-state index is 0.0382. The maximum Gasteiger partial charge on any atom is 0.408 e. The molecule has 1 aromatic carbocycles. The summed E-state index contributed by atoms with van der Waals surface area (Å²) in [6, 6.07) is 7.63. The van der Waals surface area contributed by atoms with Gasteiger partial charge in [0.25, 0.3) is 0 Å². The monoisotopic (exact) mass is 708 g/mol. The number of carbonyl (C=O) groups is 4. The van der Waals surface area contributed by atoms with Gasteiger partial charge in [0.2, 0.25) is 11.8 Å². The van der Waals surface area contributed by atoms with Gasteiger partial charge in [-0.05, 0) is 76.1 Å². The maximum atomic E-state index is 13.3. The van der Waals surface area contributed by atoms with Crippen LogP contribution in [0.25, 0.3) is 0 Å². The molecular formula is C30H40N6O8S3. The number of benzene rings is 1. The van der Waals surface area contributed by atoms with Crippen molar-refractivity contribution >= 4 is 68.7 Å². The molecule has 2 unspecified atom stereocenters. The molecule has 2 aromatic rings. The van der Waals surface area contributed by atoms with Crippen molar-refractivity contribution in [1.82, 2.24) is 20.5 Å². The van der Waals surface area contributed by atoms with Gasteiger partial charge < -0.3 is 30.3 Å². The van der Waals surface area contributed by atoms with Crippen LogP contribution >= 0.6 is 33.3 Å². The summed E-state index contributed by atoms with van der Waals surface area (Å²) in [6.07, 6.45) is 0.139. The Hall–Kier alpha value is -3.70. The Morgan fingerprint density at radius 2 is 1.62 bits per heavy atom. The third-order valence-corrected chi connectivity index (χ3v) is 9.30. The van der Waals surface area contributed by atoms with Gasteiger partial charge in [0.1, 0.15) is 23.3 Å². The second kappa shape index (κ2) is 16.9. The second-order valence-electron chi connectivity index (χ2n) is 12.4. The molecule has 17 heteroatoms. The predicted octanol–water partition coefficient (Wildman–Crippen LogP) is 5.23. The molecule has 3 rings (SSSR count). The highest BCUT2D eigenvalue weighted by Crippen LogP contribution is 2.35. The lowest BCUT2D eigenvalue weighted by Crippen LogP contribution is -2.50. The molecule has 1 fully saturated rings. The molecule has 2 heterocycles. The SMILES string of the molecule is CC(C)(C)OC(=O)NC(CSSc1ncccc1[N+](=O)[O-])C(=O)Nc1ccc(CC(NC(=O)OC(C)(C)C)C(=O)N2CCSC2)cc1. The highest BCUT2D eigenvalue weighted by Gasteiger charge is 2.30. The Bertz CT molecular complexity index is 1430. The minimum Gasteiger partial charge on any atom is -0.444 e. The zero-order valence-corrected chi connectivity index (χ0v) is 29.5. The third kappa shape index (κ3) is 13.1.